The van der Waals surface area contributed by atoms with E-state index in [0.29, 0.717) is 13.0 Å². The number of benzene rings is 2. The van der Waals surface area contributed by atoms with Gasteiger partial charge < -0.3 is 0 Å². The molecular weight excluding hydrogens is 336 g/mol. The number of rotatable bonds is 4. The molecular formula is C23H26N2O2. The number of amides is 2. The number of imide groups is 1. The normalized spacial score (nSPS) is 22.2. The smallest absolute Gasteiger partial charge is 0.249 e. The number of hydrogen-bond donors (Lipinski definition) is 1. The van der Waals surface area contributed by atoms with Crippen molar-refractivity contribution >= 4 is 11.8 Å². The molecule has 2 aromatic carbocycles. The Bertz CT molecular complexity index is 798. The Morgan fingerprint density at radius 3 is 2.07 bits per heavy atom. The van der Waals surface area contributed by atoms with Crippen LogP contribution in [0.25, 0.3) is 0 Å². The van der Waals surface area contributed by atoms with Gasteiger partial charge >= 0.3 is 0 Å². The molecule has 4 nitrogen and oxygen atoms in total. The lowest BCUT2D eigenvalue weighted by Crippen LogP contribution is -2.71. The first kappa shape index (κ1) is 17.9. The predicted octanol–water partition coefficient (Wildman–Crippen LogP) is 3.46. The number of nitrogens with zero attached hydrogens (tertiary/aromatic N) is 1. The fraction of sp³-hybridized carbons (Fsp3) is 0.391. The van der Waals surface area contributed by atoms with Crippen LogP contribution < -0.4 is 5.32 Å². The fourth-order valence-corrected chi connectivity index (χ4v) is 4.42. The molecule has 1 N–H and O–H groups in total. The van der Waals surface area contributed by atoms with Crippen LogP contribution in [0.2, 0.25) is 0 Å². The predicted molar refractivity (Wildman–Crippen MR) is 105 cm³/mol. The van der Waals surface area contributed by atoms with Gasteiger partial charge in [0, 0.05) is 0 Å². The van der Waals surface area contributed by atoms with E-state index >= 15 is 0 Å². The van der Waals surface area contributed by atoms with E-state index in [2.05, 4.69) is 5.32 Å². The van der Waals surface area contributed by atoms with Gasteiger partial charge in [0.2, 0.25) is 11.8 Å². The maximum atomic E-state index is 13.4. The highest BCUT2D eigenvalue weighted by atomic mass is 16.2. The average Bonchev–Trinajstić information content (AvgIpc) is 2.72. The van der Waals surface area contributed by atoms with Crippen molar-refractivity contribution in [2.75, 3.05) is 0 Å². The quantitative estimate of drug-likeness (QED) is 0.848. The van der Waals surface area contributed by atoms with E-state index in [1.807, 2.05) is 60.7 Å². The molecule has 1 saturated heterocycles. The third kappa shape index (κ3) is 3.67. The van der Waals surface area contributed by atoms with Gasteiger partial charge in [-0.3, -0.25) is 19.8 Å². The van der Waals surface area contributed by atoms with Crippen molar-refractivity contribution in [2.24, 2.45) is 0 Å². The number of piperazine rings is 1. The molecule has 0 aromatic heterocycles. The van der Waals surface area contributed by atoms with Crippen molar-refractivity contribution in [1.29, 1.82) is 0 Å². The molecule has 4 rings (SSSR count). The Hall–Kier alpha value is -2.46. The first-order chi connectivity index (χ1) is 13.2. The lowest BCUT2D eigenvalue weighted by atomic mass is 9.77. The SMILES string of the molecule is O=C1[C@H](Cc2ccccc2)NC2(CCCCC2)C(=O)N1Cc1ccccc1. The van der Waals surface area contributed by atoms with Crippen LogP contribution in [-0.4, -0.2) is 28.3 Å². The minimum atomic E-state index is -0.583. The second kappa shape index (κ2) is 7.65. The van der Waals surface area contributed by atoms with Crippen LogP contribution >= 0.6 is 0 Å². The van der Waals surface area contributed by atoms with E-state index in [1.165, 1.54) is 4.90 Å². The maximum Gasteiger partial charge on any atom is 0.249 e. The molecule has 1 spiro atoms. The lowest BCUT2D eigenvalue weighted by Gasteiger charge is -2.47. The molecule has 1 aliphatic heterocycles. The van der Waals surface area contributed by atoms with Gasteiger partial charge in [-0.25, -0.2) is 0 Å². The lowest BCUT2D eigenvalue weighted by molar-refractivity contribution is -0.159. The molecule has 1 heterocycles. The summed E-state index contributed by atoms with van der Waals surface area (Å²) < 4.78 is 0. The van der Waals surface area contributed by atoms with Crippen molar-refractivity contribution in [3.05, 3.63) is 71.8 Å². The molecule has 4 heteroatoms. The van der Waals surface area contributed by atoms with Gasteiger partial charge in [-0.1, -0.05) is 79.9 Å². The molecule has 2 aliphatic rings. The van der Waals surface area contributed by atoms with Gasteiger partial charge in [-0.05, 0) is 30.4 Å². The van der Waals surface area contributed by atoms with E-state index in [1.54, 1.807) is 0 Å². The number of nitrogens with one attached hydrogen (secondary N) is 1. The number of hydrogen-bond acceptors (Lipinski definition) is 3. The zero-order valence-electron chi connectivity index (χ0n) is 15.6. The van der Waals surface area contributed by atoms with Crippen molar-refractivity contribution in [1.82, 2.24) is 10.2 Å². The van der Waals surface area contributed by atoms with Gasteiger partial charge in [0.15, 0.2) is 0 Å². The molecule has 27 heavy (non-hydrogen) atoms. The van der Waals surface area contributed by atoms with Gasteiger partial charge in [0.25, 0.3) is 0 Å². The number of carbonyl (C=O) groups is 2. The summed E-state index contributed by atoms with van der Waals surface area (Å²) in [7, 11) is 0. The van der Waals surface area contributed by atoms with Gasteiger partial charge in [0.05, 0.1) is 18.1 Å². The minimum absolute atomic E-state index is 0.0413. The van der Waals surface area contributed by atoms with Crippen LogP contribution in [0.4, 0.5) is 0 Å². The Balaban J connectivity index is 1.63. The first-order valence-electron chi connectivity index (χ1n) is 9.89. The molecule has 2 amide bonds. The molecule has 0 unspecified atom stereocenters. The van der Waals surface area contributed by atoms with E-state index in [4.69, 9.17) is 0 Å². The molecule has 0 bridgehead atoms. The monoisotopic (exact) mass is 362 g/mol. The summed E-state index contributed by atoms with van der Waals surface area (Å²) in [5.74, 6) is -0.149. The second-order valence-corrected chi connectivity index (χ2v) is 7.74. The van der Waals surface area contributed by atoms with Crippen LogP contribution in [0, 0.1) is 0 Å². The number of carbonyl (C=O) groups excluding carboxylic acids is 2. The molecule has 1 saturated carbocycles. The summed E-state index contributed by atoms with van der Waals surface area (Å²) in [5, 5.41) is 3.49. The summed E-state index contributed by atoms with van der Waals surface area (Å²) in [4.78, 5) is 28.1. The van der Waals surface area contributed by atoms with E-state index in [0.717, 1.165) is 43.2 Å². The largest absolute Gasteiger partial charge is 0.292 e. The van der Waals surface area contributed by atoms with Crippen LogP contribution in [0.1, 0.15) is 43.2 Å². The molecule has 2 fully saturated rings. The zero-order chi connectivity index (χ0) is 18.7. The fourth-order valence-electron chi connectivity index (χ4n) is 4.42. The van der Waals surface area contributed by atoms with Gasteiger partial charge in [-0.15, -0.1) is 0 Å². The molecule has 2 aromatic rings. The Morgan fingerprint density at radius 1 is 0.852 bits per heavy atom. The minimum Gasteiger partial charge on any atom is -0.292 e. The molecule has 0 radical (unpaired) electrons. The molecule has 1 aliphatic carbocycles. The second-order valence-electron chi connectivity index (χ2n) is 7.74. The highest BCUT2D eigenvalue weighted by Gasteiger charge is 2.50. The van der Waals surface area contributed by atoms with Crippen LogP contribution in [-0.2, 0) is 22.6 Å². The Kier molecular flexibility index (Phi) is 5.08. The van der Waals surface area contributed by atoms with E-state index < -0.39 is 5.54 Å². The van der Waals surface area contributed by atoms with Crippen LogP contribution in [0.15, 0.2) is 60.7 Å². The summed E-state index contributed by atoms with van der Waals surface area (Å²) in [6.45, 7) is 0.354. The summed E-state index contributed by atoms with van der Waals surface area (Å²) in [6.07, 6.45) is 5.46. The van der Waals surface area contributed by atoms with Crippen molar-refractivity contribution in [2.45, 2.75) is 56.7 Å². The molecule has 140 valence electrons. The highest BCUT2D eigenvalue weighted by molar-refractivity contribution is 6.05. The summed E-state index contributed by atoms with van der Waals surface area (Å²) >= 11 is 0. The first-order valence-corrected chi connectivity index (χ1v) is 9.89. The molecule has 1 atom stereocenters. The van der Waals surface area contributed by atoms with Crippen LogP contribution in [0.5, 0.6) is 0 Å². The summed E-state index contributed by atoms with van der Waals surface area (Å²) in [6, 6.07) is 19.5. The Labute approximate surface area is 160 Å². The highest BCUT2D eigenvalue weighted by Crippen LogP contribution is 2.34. The third-order valence-electron chi connectivity index (χ3n) is 5.84. The van der Waals surface area contributed by atoms with Crippen molar-refractivity contribution < 1.29 is 9.59 Å². The van der Waals surface area contributed by atoms with Gasteiger partial charge in [0.1, 0.15) is 0 Å². The standard InChI is InChI=1S/C23H26N2O2/c26-21-20(16-18-10-4-1-5-11-18)24-23(14-8-3-9-15-23)22(27)25(21)17-19-12-6-2-7-13-19/h1-2,4-7,10-13,20,24H,3,8-9,14-17H2/t20-/m0/s1. The topological polar surface area (TPSA) is 49.4 Å². The van der Waals surface area contributed by atoms with E-state index in [-0.39, 0.29) is 17.9 Å². The zero-order valence-corrected chi connectivity index (χ0v) is 15.6. The Morgan fingerprint density at radius 2 is 1.44 bits per heavy atom. The van der Waals surface area contributed by atoms with E-state index in [9.17, 15) is 9.59 Å². The van der Waals surface area contributed by atoms with Gasteiger partial charge in [-0.2, -0.15) is 0 Å². The van der Waals surface area contributed by atoms with Crippen molar-refractivity contribution in [3.63, 3.8) is 0 Å². The van der Waals surface area contributed by atoms with Crippen molar-refractivity contribution in [3.8, 4) is 0 Å². The average molecular weight is 362 g/mol. The van der Waals surface area contributed by atoms with Crippen LogP contribution in [0.3, 0.4) is 0 Å². The third-order valence-corrected chi connectivity index (χ3v) is 5.84. The maximum absolute atomic E-state index is 13.4. The summed E-state index contributed by atoms with van der Waals surface area (Å²) in [5.41, 5.74) is 1.52.